The van der Waals surface area contributed by atoms with Crippen molar-refractivity contribution in [2.24, 2.45) is 0 Å². The Hall–Kier alpha value is -0.380. The lowest BCUT2D eigenvalue weighted by atomic mass is 10.0. The fourth-order valence-electron chi connectivity index (χ4n) is 1.24. The summed E-state index contributed by atoms with van der Waals surface area (Å²) >= 11 is 16.7. The van der Waals surface area contributed by atoms with E-state index < -0.39 is 15.5 Å². The van der Waals surface area contributed by atoms with Gasteiger partial charge in [0.15, 0.2) is 3.79 Å². The van der Waals surface area contributed by atoms with Crippen molar-refractivity contribution in [1.82, 2.24) is 0 Å². The van der Waals surface area contributed by atoms with Crippen LogP contribution >= 0.6 is 34.8 Å². The average molecular weight is 304 g/mol. The van der Waals surface area contributed by atoms with Crippen LogP contribution in [0, 0.1) is 0 Å². The van der Waals surface area contributed by atoms with E-state index in [-0.39, 0.29) is 6.42 Å². The van der Waals surface area contributed by atoms with Crippen LogP contribution in [0.1, 0.15) is 17.5 Å². The highest BCUT2D eigenvalue weighted by atomic mass is 35.6. The van der Waals surface area contributed by atoms with Crippen LogP contribution in [0.2, 0.25) is 0 Å². The molecule has 1 rings (SSSR count). The Morgan fingerprint density at radius 3 is 1.88 bits per heavy atom. The second kappa shape index (κ2) is 5.09. The van der Waals surface area contributed by atoms with Crippen LogP contribution in [0.25, 0.3) is 5.57 Å². The number of hydrogen-bond donors (Lipinski definition) is 0. The van der Waals surface area contributed by atoms with E-state index in [0.29, 0.717) is 11.1 Å². The molecule has 0 aliphatic carbocycles. The van der Waals surface area contributed by atoms with Crippen LogP contribution in [0.3, 0.4) is 0 Å². The zero-order chi connectivity index (χ0) is 13.3. The molecule has 0 amide bonds. The van der Waals surface area contributed by atoms with Gasteiger partial charge in [0, 0.05) is 6.42 Å². The van der Waals surface area contributed by atoms with Gasteiger partial charge in [0.1, 0.15) is 0 Å². The summed E-state index contributed by atoms with van der Waals surface area (Å²) in [5, 5.41) is 0. The van der Waals surface area contributed by atoms with Crippen molar-refractivity contribution in [3.63, 3.8) is 0 Å². The third kappa shape index (κ3) is 4.78. The lowest BCUT2D eigenvalue weighted by molar-refractivity contribution is -0.137. The predicted molar refractivity (Wildman–Crippen MR) is 65.4 cm³/mol. The smallest absolute Gasteiger partial charge is 0.166 e. The van der Waals surface area contributed by atoms with Gasteiger partial charge in [-0.25, -0.2) is 0 Å². The van der Waals surface area contributed by atoms with Gasteiger partial charge < -0.3 is 0 Å². The Bertz CT molecular complexity index is 401. The van der Waals surface area contributed by atoms with E-state index in [1.165, 1.54) is 12.1 Å². The van der Waals surface area contributed by atoms with Crippen molar-refractivity contribution >= 4 is 40.4 Å². The van der Waals surface area contributed by atoms with Gasteiger partial charge >= 0.3 is 6.18 Å². The number of alkyl halides is 6. The fraction of sp³-hybridized carbons (Fsp3) is 0.273. The largest absolute Gasteiger partial charge is 0.416 e. The molecule has 0 aliphatic rings. The van der Waals surface area contributed by atoms with Crippen LogP contribution in [-0.2, 0) is 6.18 Å². The molecule has 6 heteroatoms. The van der Waals surface area contributed by atoms with Crippen molar-refractivity contribution < 1.29 is 13.2 Å². The van der Waals surface area contributed by atoms with Gasteiger partial charge in [0.25, 0.3) is 0 Å². The molecule has 1 aromatic rings. The maximum atomic E-state index is 12.3. The molecule has 0 radical (unpaired) electrons. The molecule has 0 heterocycles. The molecule has 0 aliphatic heterocycles. The zero-order valence-corrected chi connectivity index (χ0v) is 10.8. The number of rotatable bonds is 2. The Labute approximate surface area is 112 Å². The molecule has 0 unspecified atom stereocenters. The van der Waals surface area contributed by atoms with Gasteiger partial charge in [0.05, 0.1) is 5.56 Å². The first kappa shape index (κ1) is 14.7. The minimum Gasteiger partial charge on any atom is -0.166 e. The highest BCUT2D eigenvalue weighted by Crippen LogP contribution is 2.36. The number of allylic oxidation sites excluding steroid dienone is 1. The summed E-state index contributed by atoms with van der Waals surface area (Å²) in [5.41, 5.74) is 0.269. The number of benzene rings is 1. The third-order valence-corrected chi connectivity index (χ3v) is 2.44. The van der Waals surface area contributed by atoms with E-state index in [4.69, 9.17) is 34.8 Å². The molecule has 0 saturated carbocycles. The van der Waals surface area contributed by atoms with Crippen LogP contribution in [0.5, 0.6) is 0 Å². The molecule has 0 aromatic heterocycles. The Balaban J connectivity index is 2.85. The molecule has 94 valence electrons. The molecule has 0 spiro atoms. The van der Waals surface area contributed by atoms with Gasteiger partial charge in [-0.15, -0.1) is 0 Å². The zero-order valence-electron chi connectivity index (χ0n) is 8.49. The fourth-order valence-corrected chi connectivity index (χ4v) is 1.72. The lowest BCUT2D eigenvalue weighted by Gasteiger charge is -2.14. The Morgan fingerprint density at radius 1 is 1.06 bits per heavy atom. The summed E-state index contributed by atoms with van der Waals surface area (Å²) in [7, 11) is 0. The van der Waals surface area contributed by atoms with Crippen LogP contribution in [0.4, 0.5) is 13.2 Å². The molecule has 0 bridgehead atoms. The number of hydrogen-bond acceptors (Lipinski definition) is 0. The van der Waals surface area contributed by atoms with Gasteiger partial charge in [-0.1, -0.05) is 53.5 Å². The third-order valence-electron chi connectivity index (χ3n) is 2.03. The summed E-state index contributed by atoms with van der Waals surface area (Å²) < 4.78 is 35.4. The molecular weight excluding hydrogens is 295 g/mol. The normalized spacial score (nSPS) is 12.6. The van der Waals surface area contributed by atoms with E-state index >= 15 is 0 Å². The molecule has 0 N–H and O–H groups in total. The van der Waals surface area contributed by atoms with E-state index in [1.807, 2.05) is 0 Å². The minimum absolute atomic E-state index is 0.0586. The van der Waals surface area contributed by atoms with Gasteiger partial charge in [-0.05, 0) is 23.3 Å². The van der Waals surface area contributed by atoms with Gasteiger partial charge in [-0.2, -0.15) is 13.2 Å². The second-order valence-electron chi connectivity index (χ2n) is 3.47. The van der Waals surface area contributed by atoms with E-state index in [9.17, 15) is 13.2 Å². The van der Waals surface area contributed by atoms with Crippen molar-refractivity contribution in [1.29, 1.82) is 0 Å². The van der Waals surface area contributed by atoms with Gasteiger partial charge in [-0.3, -0.25) is 0 Å². The summed E-state index contributed by atoms with van der Waals surface area (Å²) in [6, 6.07) is 4.56. The van der Waals surface area contributed by atoms with Gasteiger partial charge in [0.2, 0.25) is 0 Å². The van der Waals surface area contributed by atoms with Crippen LogP contribution in [-0.4, -0.2) is 3.79 Å². The maximum Gasteiger partial charge on any atom is 0.416 e. The maximum absolute atomic E-state index is 12.3. The monoisotopic (exact) mass is 302 g/mol. The SMILES string of the molecule is C=C(CC(Cl)(Cl)Cl)c1ccc(C(F)(F)F)cc1. The molecule has 17 heavy (non-hydrogen) atoms. The van der Waals surface area contributed by atoms with E-state index in [0.717, 1.165) is 12.1 Å². The molecule has 1 aromatic carbocycles. The first-order valence-corrected chi connectivity index (χ1v) is 5.65. The second-order valence-corrected chi connectivity index (χ2v) is 5.99. The number of halogens is 6. The first-order chi connectivity index (χ1) is 7.59. The molecular formula is C11H8Cl3F3. The molecule has 0 saturated heterocycles. The predicted octanol–water partition coefficient (Wildman–Crippen LogP) is 5.48. The van der Waals surface area contributed by atoms with E-state index in [1.54, 1.807) is 0 Å². The standard InChI is InChI=1S/C11H8Cl3F3/c1-7(6-10(12,13)14)8-2-4-9(5-3-8)11(15,16)17/h2-5H,1,6H2. The van der Waals surface area contributed by atoms with Crippen LogP contribution < -0.4 is 0 Å². The van der Waals surface area contributed by atoms with E-state index in [2.05, 4.69) is 6.58 Å². The summed E-state index contributed by atoms with van der Waals surface area (Å²) in [6.07, 6.45) is -4.29. The molecule has 0 nitrogen and oxygen atoms in total. The highest BCUT2D eigenvalue weighted by molar-refractivity contribution is 6.67. The summed E-state index contributed by atoms with van der Waals surface area (Å²) in [6.45, 7) is 3.67. The molecule has 0 fully saturated rings. The van der Waals surface area contributed by atoms with Crippen molar-refractivity contribution in [2.75, 3.05) is 0 Å². The molecule has 0 atom stereocenters. The summed E-state index contributed by atoms with van der Waals surface area (Å²) in [4.78, 5) is 0. The average Bonchev–Trinajstić information content (AvgIpc) is 2.14. The topological polar surface area (TPSA) is 0 Å². The Kier molecular flexibility index (Phi) is 4.39. The van der Waals surface area contributed by atoms with Crippen molar-refractivity contribution in [2.45, 2.75) is 16.4 Å². The van der Waals surface area contributed by atoms with Crippen LogP contribution in [0.15, 0.2) is 30.8 Å². The van der Waals surface area contributed by atoms with Crippen molar-refractivity contribution in [3.05, 3.63) is 42.0 Å². The Morgan fingerprint density at radius 2 is 1.53 bits per heavy atom. The first-order valence-electron chi connectivity index (χ1n) is 4.52. The lowest BCUT2D eigenvalue weighted by Crippen LogP contribution is -2.05. The van der Waals surface area contributed by atoms with Crippen molar-refractivity contribution in [3.8, 4) is 0 Å². The quantitative estimate of drug-likeness (QED) is 0.635. The highest BCUT2D eigenvalue weighted by Gasteiger charge is 2.30. The minimum atomic E-state index is -4.35. The summed E-state index contributed by atoms with van der Waals surface area (Å²) in [5.74, 6) is 0.